The van der Waals surface area contributed by atoms with Crippen LogP contribution in [0.2, 0.25) is 0 Å². The summed E-state index contributed by atoms with van der Waals surface area (Å²) >= 11 is 0. The van der Waals surface area contributed by atoms with Gasteiger partial charge in [-0.3, -0.25) is 4.79 Å². The number of aromatic hydroxyl groups is 2. The van der Waals surface area contributed by atoms with E-state index >= 15 is 0 Å². The lowest BCUT2D eigenvalue weighted by atomic mass is 9.66. The number of aliphatic hydroxyl groups is 1. The SMILES string of the molecule is C=C(C)C1CCC(C)=CC1c1c(O)cc(CCCCC)cc1OC(=O)O[C@H]1[C@@H]2O[C@H](C)OC[C@H]2OC(O[C@@H]2c3cc4c(cc3[C@@H](c3cc(OC)c(O)c(OC)c3)[C@H]3C(=O)OC[C@@H]32)OCO4)[C@@H]1O. The van der Waals surface area contributed by atoms with Crippen molar-refractivity contribution in [3.8, 4) is 40.2 Å². The zero-order valence-electron chi connectivity index (χ0n) is 38.7. The van der Waals surface area contributed by atoms with E-state index in [1.54, 1.807) is 43.3 Å². The molecule has 6 aliphatic rings. The fourth-order valence-corrected chi connectivity index (χ4v) is 10.8. The van der Waals surface area contributed by atoms with Gasteiger partial charge < -0.3 is 67.4 Å². The van der Waals surface area contributed by atoms with Crippen LogP contribution in [0.3, 0.4) is 0 Å². The number of unbranched alkanes of at least 4 members (excludes halogenated alkanes) is 2. The molecular weight excluding hydrogens is 869 g/mol. The Kier molecular flexibility index (Phi) is 13.4. The number of phenolic OH excluding ortho intramolecular Hbond substituents is 2. The number of esters is 1. The molecule has 2 aliphatic carbocycles. The molecule has 3 saturated heterocycles. The quantitative estimate of drug-likeness (QED) is 0.0644. The number of hydrogen-bond acceptors (Lipinski definition) is 16. The van der Waals surface area contributed by atoms with Gasteiger partial charge in [0.1, 0.15) is 29.8 Å². The predicted molar refractivity (Wildman–Crippen MR) is 239 cm³/mol. The normalized spacial score (nSPS) is 30.6. The number of carbonyl (C=O) groups excluding carboxylic acids is 2. The molecule has 0 saturated carbocycles. The molecule has 9 rings (SSSR count). The third-order valence-electron chi connectivity index (χ3n) is 14.1. The lowest BCUT2D eigenvalue weighted by molar-refractivity contribution is -0.364. The minimum atomic E-state index is -1.65. The summed E-state index contributed by atoms with van der Waals surface area (Å²) in [5, 5.41) is 34.8. The van der Waals surface area contributed by atoms with Gasteiger partial charge in [-0.2, -0.15) is 0 Å². The largest absolute Gasteiger partial charge is 0.514 e. The number of aliphatic hydroxyl groups excluding tert-OH is 1. The Hall–Kier alpha value is -5.52. The van der Waals surface area contributed by atoms with E-state index in [2.05, 4.69) is 19.6 Å². The summed E-state index contributed by atoms with van der Waals surface area (Å²) in [6, 6.07) is 10.4. The fraction of sp³-hybridized carbons (Fsp3) is 0.529. The number of methoxy groups -OCH3 is 2. The molecule has 0 spiro atoms. The van der Waals surface area contributed by atoms with Crippen molar-refractivity contribution in [1.82, 2.24) is 0 Å². The van der Waals surface area contributed by atoms with Crippen LogP contribution in [-0.2, 0) is 39.6 Å². The van der Waals surface area contributed by atoms with Crippen LogP contribution in [0.5, 0.6) is 40.2 Å². The van der Waals surface area contributed by atoms with E-state index in [0.717, 1.165) is 48.8 Å². The Bertz CT molecular complexity index is 2390. The van der Waals surface area contributed by atoms with E-state index in [1.807, 2.05) is 13.8 Å². The van der Waals surface area contributed by atoms with Gasteiger partial charge in [-0.05, 0) is 111 Å². The Morgan fingerprint density at radius 3 is 2.36 bits per heavy atom. The molecule has 3 N–H and O–H groups in total. The Balaban J connectivity index is 1.05. The second-order valence-electron chi connectivity index (χ2n) is 18.4. The molecule has 0 bridgehead atoms. The molecule has 3 aromatic rings. The van der Waals surface area contributed by atoms with Crippen LogP contribution in [0, 0.1) is 17.8 Å². The summed E-state index contributed by atoms with van der Waals surface area (Å²) in [6.45, 7) is 12.0. The van der Waals surface area contributed by atoms with Gasteiger partial charge in [0.2, 0.25) is 12.5 Å². The lowest BCUT2D eigenvalue weighted by Crippen LogP contribution is -2.64. The average Bonchev–Trinajstić information content (AvgIpc) is 3.93. The van der Waals surface area contributed by atoms with Crippen molar-refractivity contribution >= 4 is 12.1 Å². The number of rotatable bonds is 13. The van der Waals surface area contributed by atoms with Crippen LogP contribution in [0.15, 0.2) is 60.2 Å². The minimum absolute atomic E-state index is 0.00851. The lowest BCUT2D eigenvalue weighted by Gasteiger charge is -2.48. The van der Waals surface area contributed by atoms with Crippen molar-refractivity contribution in [2.45, 2.75) is 121 Å². The first-order valence-corrected chi connectivity index (χ1v) is 23.2. The summed E-state index contributed by atoms with van der Waals surface area (Å²) in [7, 11) is 2.84. The highest BCUT2D eigenvalue weighted by Gasteiger charge is 2.57. The molecule has 4 aliphatic heterocycles. The topological polar surface area (TPSA) is 196 Å². The molecule has 4 heterocycles. The van der Waals surface area contributed by atoms with E-state index in [0.29, 0.717) is 40.2 Å². The van der Waals surface area contributed by atoms with Gasteiger partial charge in [-0.1, -0.05) is 43.6 Å². The first-order valence-electron chi connectivity index (χ1n) is 23.2. The molecule has 3 fully saturated rings. The van der Waals surface area contributed by atoms with Crippen LogP contribution in [0.1, 0.15) is 106 Å². The first kappa shape index (κ1) is 46.6. The number of allylic oxidation sites excluding steroid dienone is 3. The van der Waals surface area contributed by atoms with Crippen molar-refractivity contribution in [2.24, 2.45) is 17.8 Å². The van der Waals surface area contributed by atoms with E-state index in [9.17, 15) is 24.9 Å². The van der Waals surface area contributed by atoms with Gasteiger partial charge in [0.15, 0.2) is 41.7 Å². The van der Waals surface area contributed by atoms with E-state index < -0.39 is 73.0 Å². The van der Waals surface area contributed by atoms with Crippen molar-refractivity contribution in [3.63, 3.8) is 0 Å². The van der Waals surface area contributed by atoms with Crippen molar-refractivity contribution in [1.29, 1.82) is 0 Å². The second kappa shape index (κ2) is 19.2. The molecule has 0 aromatic heterocycles. The number of ether oxygens (including phenoxy) is 11. The highest BCUT2D eigenvalue weighted by Crippen LogP contribution is 2.57. The fourth-order valence-electron chi connectivity index (χ4n) is 10.8. The maximum atomic E-state index is 14.3. The van der Waals surface area contributed by atoms with Gasteiger partial charge >= 0.3 is 12.1 Å². The van der Waals surface area contributed by atoms with Crippen LogP contribution < -0.4 is 23.7 Å². The zero-order valence-corrected chi connectivity index (χ0v) is 38.7. The highest BCUT2D eigenvalue weighted by molar-refractivity contribution is 5.79. The number of hydrogen-bond donors (Lipinski definition) is 3. The molecule has 360 valence electrons. The summed E-state index contributed by atoms with van der Waals surface area (Å²) < 4.78 is 65.9. The minimum Gasteiger partial charge on any atom is -0.507 e. The Labute approximate surface area is 389 Å². The van der Waals surface area contributed by atoms with Crippen LogP contribution in [-0.4, -0.2) is 98.7 Å². The standard InChI is InChI=1S/C51H60O16/c1-8-9-10-11-27-15-34(52)42(30-14-25(4)12-13-29(30)24(2)3)37(16-27)65-51(56)67-48-45(54)50(64-40-22-59-26(5)63-47(40)48)66-46-32-20-36-35(61-23-62-36)19-31(32)41(43-33(46)21-60-49(43)55)28-17-38(57-6)44(53)39(18-28)58-7/h14-20,26,29-30,33,40-41,43,45-48,50,52-54H,2,8-13,21-23H2,1,3-7H3/t26-,29?,30?,33+,40-,41-,43+,45-,46-,47-,48-,50?/m1/s1. The van der Waals surface area contributed by atoms with Gasteiger partial charge in [-0.15, -0.1) is 0 Å². The van der Waals surface area contributed by atoms with Gasteiger partial charge in [0, 0.05) is 23.3 Å². The number of cyclic esters (lactones) is 1. The predicted octanol–water partition coefficient (Wildman–Crippen LogP) is 8.02. The third kappa shape index (κ3) is 8.90. The molecule has 16 heteroatoms. The monoisotopic (exact) mass is 928 g/mol. The van der Waals surface area contributed by atoms with Crippen LogP contribution in [0.4, 0.5) is 4.79 Å². The first-order chi connectivity index (χ1) is 32.3. The third-order valence-corrected chi connectivity index (χ3v) is 14.1. The van der Waals surface area contributed by atoms with Crippen LogP contribution >= 0.6 is 0 Å². The molecular formula is C51H60O16. The number of fused-ring (bicyclic) bond motifs is 4. The van der Waals surface area contributed by atoms with Crippen LogP contribution in [0.25, 0.3) is 0 Å². The smallest absolute Gasteiger partial charge is 0.507 e. The van der Waals surface area contributed by atoms with E-state index in [4.69, 9.17) is 52.1 Å². The maximum Gasteiger partial charge on any atom is 0.514 e. The Morgan fingerprint density at radius 2 is 1.66 bits per heavy atom. The Morgan fingerprint density at radius 1 is 0.925 bits per heavy atom. The zero-order chi connectivity index (χ0) is 47.3. The maximum absolute atomic E-state index is 14.3. The van der Waals surface area contributed by atoms with Crippen molar-refractivity contribution < 1.29 is 77.0 Å². The summed E-state index contributed by atoms with van der Waals surface area (Å²) in [5.74, 6) is -1.79. The number of carbonyl (C=O) groups is 2. The van der Waals surface area contributed by atoms with Crippen molar-refractivity contribution in [2.75, 3.05) is 34.2 Å². The van der Waals surface area contributed by atoms with Gasteiger partial charge in [0.25, 0.3) is 0 Å². The van der Waals surface area contributed by atoms with Gasteiger partial charge in [0.05, 0.1) is 39.5 Å². The van der Waals surface area contributed by atoms with E-state index in [-0.39, 0.29) is 60.6 Å². The highest BCUT2D eigenvalue weighted by atomic mass is 16.8. The van der Waals surface area contributed by atoms with Crippen molar-refractivity contribution in [3.05, 3.63) is 88.0 Å². The second-order valence-corrected chi connectivity index (χ2v) is 18.4. The number of phenols is 2. The average molecular weight is 929 g/mol. The van der Waals surface area contributed by atoms with E-state index in [1.165, 1.54) is 14.2 Å². The molecule has 67 heavy (non-hydrogen) atoms. The molecule has 3 aromatic carbocycles. The molecule has 0 radical (unpaired) electrons. The summed E-state index contributed by atoms with van der Waals surface area (Å²) in [4.78, 5) is 28.2. The molecule has 0 amide bonds. The molecule has 16 nitrogen and oxygen atoms in total. The number of aryl methyl sites for hydroxylation is 1. The molecule has 3 unspecified atom stereocenters. The summed E-state index contributed by atoms with van der Waals surface area (Å²) in [5.41, 5.74) is 5.19. The summed E-state index contributed by atoms with van der Waals surface area (Å²) in [6.07, 6.45) is -1.86. The number of benzene rings is 3. The van der Waals surface area contributed by atoms with Gasteiger partial charge in [-0.25, -0.2) is 4.79 Å². The molecule has 12 atom stereocenters.